The van der Waals surface area contributed by atoms with Gasteiger partial charge in [-0.05, 0) is 102 Å². The predicted octanol–water partition coefficient (Wildman–Crippen LogP) is 10.9. The van der Waals surface area contributed by atoms with Gasteiger partial charge in [-0.3, -0.25) is 0 Å². The Bertz CT molecular complexity index is 2080. The quantitative estimate of drug-likeness (QED) is 0.174. The van der Waals surface area contributed by atoms with Gasteiger partial charge in [0.1, 0.15) is 11.5 Å². The number of rotatable bonds is 2. The number of nitrogens with zero attached hydrogens (tertiary/aromatic N) is 1. The molecule has 0 aliphatic carbocycles. The Morgan fingerprint density at radius 3 is 1.55 bits per heavy atom. The fraction of sp³-hybridized carbons (Fsp3) is 0.348. The highest BCUT2D eigenvalue weighted by molar-refractivity contribution is 6.99. The second kappa shape index (κ2) is 11.1. The lowest BCUT2D eigenvalue weighted by molar-refractivity contribution is 0.486. The van der Waals surface area contributed by atoms with Gasteiger partial charge in [0.05, 0.1) is 5.69 Å². The van der Waals surface area contributed by atoms with Gasteiger partial charge < -0.3 is 9.64 Å². The topological polar surface area (TPSA) is 12.5 Å². The largest absolute Gasteiger partial charge is 0.458 e. The van der Waals surface area contributed by atoms with E-state index in [1.807, 2.05) is 0 Å². The van der Waals surface area contributed by atoms with Gasteiger partial charge in [-0.25, -0.2) is 0 Å². The zero-order valence-corrected chi connectivity index (χ0v) is 31.7. The van der Waals surface area contributed by atoms with Crippen LogP contribution in [0, 0.1) is 0 Å². The molecule has 3 heteroatoms. The van der Waals surface area contributed by atoms with E-state index < -0.39 is 0 Å². The second-order valence-electron chi connectivity index (χ2n) is 18.4. The third-order valence-corrected chi connectivity index (χ3v) is 10.6. The zero-order chi connectivity index (χ0) is 35.3. The summed E-state index contributed by atoms with van der Waals surface area (Å²) in [5.74, 6) is 1.90. The third-order valence-electron chi connectivity index (χ3n) is 10.6. The van der Waals surface area contributed by atoms with Crippen molar-refractivity contribution in [2.75, 3.05) is 4.90 Å². The Labute approximate surface area is 295 Å². The summed E-state index contributed by atoms with van der Waals surface area (Å²) in [4.78, 5) is 2.51. The smallest absolute Gasteiger partial charge is 0.256 e. The Morgan fingerprint density at radius 1 is 0.449 bits per heavy atom. The SMILES string of the molecule is CC(C)(C)c1ccc(-c2cc(C(C)(C)C)ccc2N2c3ccc(C(C)(C)C)cc3B3c4cc(C(C)(C)C)ccc4Oc4cccc2c43)cc1. The molecule has 0 spiro atoms. The van der Waals surface area contributed by atoms with E-state index in [4.69, 9.17) is 4.74 Å². The van der Waals surface area contributed by atoms with E-state index in [9.17, 15) is 0 Å². The van der Waals surface area contributed by atoms with Crippen molar-refractivity contribution in [3.8, 4) is 22.6 Å². The summed E-state index contributed by atoms with van der Waals surface area (Å²) >= 11 is 0. The van der Waals surface area contributed by atoms with Gasteiger partial charge in [0, 0.05) is 16.9 Å². The maximum atomic E-state index is 6.79. The summed E-state index contributed by atoms with van der Waals surface area (Å²) in [6.45, 7) is 27.6. The van der Waals surface area contributed by atoms with E-state index in [1.54, 1.807) is 0 Å². The minimum Gasteiger partial charge on any atom is -0.458 e. The molecule has 49 heavy (non-hydrogen) atoms. The number of anilines is 3. The van der Waals surface area contributed by atoms with Crippen LogP contribution in [0.3, 0.4) is 0 Å². The van der Waals surface area contributed by atoms with Gasteiger partial charge in [-0.1, -0.05) is 144 Å². The molecule has 0 radical (unpaired) electrons. The molecule has 2 heterocycles. The van der Waals surface area contributed by atoms with Crippen LogP contribution < -0.4 is 26.0 Å². The van der Waals surface area contributed by atoms with Crippen molar-refractivity contribution in [1.82, 2.24) is 0 Å². The van der Waals surface area contributed by atoms with Gasteiger partial charge in [0.15, 0.2) is 0 Å². The zero-order valence-electron chi connectivity index (χ0n) is 31.7. The van der Waals surface area contributed by atoms with Crippen LogP contribution >= 0.6 is 0 Å². The predicted molar refractivity (Wildman–Crippen MR) is 213 cm³/mol. The highest BCUT2D eigenvalue weighted by Crippen LogP contribution is 2.46. The van der Waals surface area contributed by atoms with E-state index in [1.165, 1.54) is 66.8 Å². The number of benzene rings is 5. The van der Waals surface area contributed by atoms with E-state index >= 15 is 0 Å². The first-order valence-electron chi connectivity index (χ1n) is 18.0. The lowest BCUT2D eigenvalue weighted by Crippen LogP contribution is -2.59. The van der Waals surface area contributed by atoms with Crippen molar-refractivity contribution in [3.05, 3.63) is 119 Å². The van der Waals surface area contributed by atoms with Crippen LogP contribution in [0.1, 0.15) is 105 Å². The fourth-order valence-electron chi connectivity index (χ4n) is 7.46. The summed E-state index contributed by atoms with van der Waals surface area (Å²) < 4.78 is 6.79. The average Bonchev–Trinajstić information content (AvgIpc) is 3.02. The summed E-state index contributed by atoms with van der Waals surface area (Å²) in [6, 6.07) is 37.0. The molecule has 5 aromatic rings. The van der Waals surface area contributed by atoms with Crippen molar-refractivity contribution in [3.63, 3.8) is 0 Å². The Balaban J connectivity index is 1.53. The Hall–Kier alpha value is -4.24. The first kappa shape index (κ1) is 33.3. The highest BCUT2D eigenvalue weighted by atomic mass is 16.5. The third kappa shape index (κ3) is 5.80. The summed E-state index contributed by atoms with van der Waals surface area (Å²) in [5, 5.41) is 0. The standard InChI is InChI=1S/C46H52BNO/c1-43(2,3)30-18-16-29(17-19-30)34-26-31(44(4,5)6)20-23-37(34)48-38-24-21-32(45(7,8)9)27-35(38)47-36-28-33(46(10,11)12)22-25-40(36)49-41-15-13-14-39(48)42(41)47/h13-28H,1-12H3. The van der Waals surface area contributed by atoms with Gasteiger partial charge in [0.25, 0.3) is 6.71 Å². The van der Waals surface area contributed by atoms with Crippen LogP contribution in [-0.2, 0) is 21.7 Å². The molecule has 250 valence electrons. The molecule has 0 saturated heterocycles. The Morgan fingerprint density at radius 2 is 0.959 bits per heavy atom. The van der Waals surface area contributed by atoms with Crippen LogP contribution in [-0.4, -0.2) is 6.71 Å². The molecule has 0 unspecified atom stereocenters. The molecule has 2 nitrogen and oxygen atoms in total. The summed E-state index contributed by atoms with van der Waals surface area (Å²) in [6.07, 6.45) is 0. The molecule has 0 amide bonds. The lowest BCUT2D eigenvalue weighted by atomic mass is 9.34. The van der Waals surface area contributed by atoms with E-state index in [0.29, 0.717) is 0 Å². The molecule has 0 saturated carbocycles. The van der Waals surface area contributed by atoms with Crippen LogP contribution in [0.25, 0.3) is 11.1 Å². The van der Waals surface area contributed by atoms with Gasteiger partial charge in [-0.2, -0.15) is 0 Å². The Kier molecular flexibility index (Phi) is 7.56. The molecule has 0 bridgehead atoms. The average molecular weight is 646 g/mol. The lowest BCUT2D eigenvalue weighted by Gasteiger charge is -2.41. The minimum atomic E-state index is 0.00915. The van der Waals surface area contributed by atoms with Crippen molar-refractivity contribution < 1.29 is 4.74 Å². The fourth-order valence-corrected chi connectivity index (χ4v) is 7.46. The van der Waals surface area contributed by atoms with Crippen molar-refractivity contribution >= 4 is 40.2 Å². The summed E-state index contributed by atoms with van der Waals surface area (Å²) in [7, 11) is 0. The van der Waals surface area contributed by atoms with Crippen LogP contribution in [0.5, 0.6) is 11.5 Å². The molecule has 2 aliphatic heterocycles. The molecule has 0 fully saturated rings. The molecule has 2 aliphatic rings. The van der Waals surface area contributed by atoms with E-state index in [0.717, 1.165) is 11.5 Å². The first-order valence-corrected chi connectivity index (χ1v) is 18.0. The molecule has 7 rings (SSSR count). The first-order chi connectivity index (χ1) is 22.8. The van der Waals surface area contributed by atoms with Crippen molar-refractivity contribution in [2.45, 2.75) is 105 Å². The van der Waals surface area contributed by atoms with E-state index in [-0.39, 0.29) is 28.4 Å². The van der Waals surface area contributed by atoms with Crippen molar-refractivity contribution in [1.29, 1.82) is 0 Å². The maximum absolute atomic E-state index is 6.79. The number of hydrogen-bond acceptors (Lipinski definition) is 2. The molecular weight excluding hydrogens is 593 g/mol. The maximum Gasteiger partial charge on any atom is 0.256 e. The monoisotopic (exact) mass is 645 g/mol. The van der Waals surface area contributed by atoms with Crippen LogP contribution in [0.4, 0.5) is 17.1 Å². The summed E-state index contributed by atoms with van der Waals surface area (Å²) in [5.41, 5.74) is 15.4. The molecule has 0 N–H and O–H groups in total. The highest BCUT2D eigenvalue weighted by Gasteiger charge is 2.43. The van der Waals surface area contributed by atoms with Crippen LogP contribution in [0.15, 0.2) is 97.1 Å². The molecule has 0 aromatic heterocycles. The van der Waals surface area contributed by atoms with Gasteiger partial charge in [0.2, 0.25) is 0 Å². The van der Waals surface area contributed by atoms with Gasteiger partial charge >= 0.3 is 0 Å². The second-order valence-corrected chi connectivity index (χ2v) is 18.4. The van der Waals surface area contributed by atoms with Crippen LogP contribution in [0.2, 0.25) is 0 Å². The number of fused-ring (bicyclic) bond motifs is 4. The molecular formula is C46H52BNO. The van der Waals surface area contributed by atoms with Crippen molar-refractivity contribution in [2.24, 2.45) is 0 Å². The number of hydrogen-bond donors (Lipinski definition) is 0. The molecule has 0 atom stereocenters. The molecule has 5 aromatic carbocycles. The van der Waals surface area contributed by atoms with E-state index in [2.05, 4.69) is 185 Å². The normalized spacial score (nSPS) is 14.2. The van der Waals surface area contributed by atoms with Gasteiger partial charge in [-0.15, -0.1) is 0 Å². The number of ether oxygens (including phenoxy) is 1. The minimum absolute atomic E-state index is 0.00915.